The van der Waals surface area contributed by atoms with Gasteiger partial charge in [-0.3, -0.25) is 0 Å². The first kappa shape index (κ1) is 10.1. The van der Waals surface area contributed by atoms with Gasteiger partial charge in [0, 0.05) is 0 Å². The van der Waals surface area contributed by atoms with E-state index in [2.05, 4.69) is 24.3 Å². The van der Waals surface area contributed by atoms with Gasteiger partial charge < -0.3 is 10.8 Å². The van der Waals surface area contributed by atoms with Crippen LogP contribution in [0.3, 0.4) is 0 Å². The Bertz CT molecular complexity index is 446. The van der Waals surface area contributed by atoms with Crippen LogP contribution in [0.2, 0.25) is 0 Å². The number of fused-ring (bicyclic) bond motifs is 1. The van der Waals surface area contributed by atoms with Gasteiger partial charge >= 0.3 is 0 Å². The molecule has 0 spiro atoms. The maximum Gasteiger partial charge on any atom is 0.102 e. The van der Waals surface area contributed by atoms with E-state index in [4.69, 9.17) is 10.8 Å². The van der Waals surface area contributed by atoms with Crippen molar-refractivity contribution in [2.75, 3.05) is 0 Å². The minimum absolute atomic E-state index is 0.605. The number of rotatable bonds is 3. The summed E-state index contributed by atoms with van der Waals surface area (Å²) in [4.78, 5) is 0. The molecule has 0 aromatic heterocycles. The molecule has 0 fully saturated rings. The van der Waals surface area contributed by atoms with Gasteiger partial charge in [-0.1, -0.05) is 42.5 Å². The molecule has 2 aromatic rings. The van der Waals surface area contributed by atoms with Gasteiger partial charge in [-0.15, -0.1) is 0 Å². The summed E-state index contributed by atoms with van der Waals surface area (Å²) in [6, 6.07) is 14.5. The Morgan fingerprint density at radius 3 is 2.60 bits per heavy atom. The van der Waals surface area contributed by atoms with E-state index >= 15 is 0 Å². The van der Waals surface area contributed by atoms with Gasteiger partial charge in [0.2, 0.25) is 0 Å². The van der Waals surface area contributed by atoms with Crippen molar-refractivity contribution >= 4 is 10.8 Å². The summed E-state index contributed by atoms with van der Waals surface area (Å²) in [6.45, 7) is 0. The van der Waals surface area contributed by atoms with E-state index in [-0.39, 0.29) is 0 Å². The molecule has 0 aliphatic rings. The zero-order valence-corrected chi connectivity index (χ0v) is 8.56. The van der Waals surface area contributed by atoms with Crippen LogP contribution in [-0.4, -0.2) is 11.3 Å². The summed E-state index contributed by atoms with van der Waals surface area (Å²) in [7, 11) is 0. The van der Waals surface area contributed by atoms with Crippen molar-refractivity contribution in [3.05, 3.63) is 48.0 Å². The van der Waals surface area contributed by atoms with Crippen molar-refractivity contribution < 1.29 is 5.11 Å². The van der Waals surface area contributed by atoms with E-state index in [0.717, 1.165) is 6.42 Å². The van der Waals surface area contributed by atoms with Gasteiger partial charge in [-0.05, 0) is 29.2 Å². The Hall–Kier alpha value is -1.38. The molecule has 0 heterocycles. The molecule has 1 unspecified atom stereocenters. The van der Waals surface area contributed by atoms with Gasteiger partial charge in [0.25, 0.3) is 0 Å². The molecule has 1 atom stereocenters. The van der Waals surface area contributed by atoms with Crippen molar-refractivity contribution in [2.24, 2.45) is 5.73 Å². The third-order valence-electron chi connectivity index (χ3n) is 2.59. The predicted octanol–water partition coefficient (Wildman–Crippen LogP) is 2.05. The number of hydrogen-bond donors (Lipinski definition) is 2. The second-order valence-electron chi connectivity index (χ2n) is 3.74. The molecule has 2 rings (SSSR count). The van der Waals surface area contributed by atoms with Crippen LogP contribution in [0.4, 0.5) is 0 Å². The molecule has 15 heavy (non-hydrogen) atoms. The van der Waals surface area contributed by atoms with Crippen LogP contribution in [0.25, 0.3) is 10.8 Å². The van der Waals surface area contributed by atoms with Crippen LogP contribution in [0.15, 0.2) is 42.5 Å². The van der Waals surface area contributed by atoms with Crippen LogP contribution >= 0.6 is 0 Å². The Balaban J connectivity index is 2.34. The SMILES string of the molecule is NC(O)CCc1cccc2ccccc12. The molecule has 78 valence electrons. The number of aliphatic hydroxyl groups excluding tert-OH is 1. The molecular formula is C13H15NO. The lowest BCUT2D eigenvalue weighted by molar-refractivity contribution is 0.172. The first-order valence-corrected chi connectivity index (χ1v) is 5.17. The van der Waals surface area contributed by atoms with Gasteiger partial charge in [0.1, 0.15) is 6.23 Å². The molecule has 0 saturated heterocycles. The zero-order valence-electron chi connectivity index (χ0n) is 8.56. The number of benzene rings is 2. The van der Waals surface area contributed by atoms with Crippen molar-refractivity contribution in [2.45, 2.75) is 19.1 Å². The van der Waals surface area contributed by atoms with E-state index in [9.17, 15) is 0 Å². The lowest BCUT2D eigenvalue weighted by atomic mass is 10.0. The lowest BCUT2D eigenvalue weighted by Gasteiger charge is -2.07. The first-order valence-electron chi connectivity index (χ1n) is 5.17. The highest BCUT2D eigenvalue weighted by Gasteiger charge is 2.02. The Labute approximate surface area is 89.3 Å². The third kappa shape index (κ3) is 2.35. The standard InChI is InChI=1S/C13H15NO/c14-13(15)9-8-11-6-3-5-10-4-1-2-7-12(10)11/h1-7,13,15H,8-9,14H2. The molecule has 0 aliphatic carbocycles. The molecule has 2 aromatic carbocycles. The summed E-state index contributed by atoms with van der Waals surface area (Å²) in [5.41, 5.74) is 6.59. The molecule has 2 nitrogen and oxygen atoms in total. The minimum Gasteiger partial charge on any atom is -0.379 e. The topological polar surface area (TPSA) is 46.2 Å². The zero-order chi connectivity index (χ0) is 10.7. The lowest BCUT2D eigenvalue weighted by Crippen LogP contribution is -2.19. The number of aryl methyl sites for hydroxylation is 1. The summed E-state index contributed by atoms with van der Waals surface area (Å²) in [5.74, 6) is 0. The highest BCUT2D eigenvalue weighted by molar-refractivity contribution is 5.85. The van der Waals surface area contributed by atoms with Crippen molar-refractivity contribution in [3.63, 3.8) is 0 Å². The highest BCUT2D eigenvalue weighted by Crippen LogP contribution is 2.19. The van der Waals surface area contributed by atoms with E-state index in [0.29, 0.717) is 6.42 Å². The number of nitrogens with two attached hydrogens (primary N) is 1. The minimum atomic E-state index is -0.719. The largest absolute Gasteiger partial charge is 0.379 e. The second-order valence-corrected chi connectivity index (χ2v) is 3.74. The van der Waals surface area contributed by atoms with Crippen molar-refractivity contribution in [1.29, 1.82) is 0 Å². The maximum absolute atomic E-state index is 9.06. The van der Waals surface area contributed by atoms with Crippen LogP contribution in [0, 0.1) is 0 Å². The highest BCUT2D eigenvalue weighted by atomic mass is 16.3. The molecule has 0 bridgehead atoms. The van der Waals surface area contributed by atoms with Crippen LogP contribution in [0.1, 0.15) is 12.0 Å². The predicted molar refractivity (Wildman–Crippen MR) is 62.5 cm³/mol. The van der Waals surface area contributed by atoms with Gasteiger partial charge in [0.15, 0.2) is 0 Å². The monoisotopic (exact) mass is 201 g/mol. The van der Waals surface area contributed by atoms with E-state index in [1.165, 1.54) is 16.3 Å². The van der Waals surface area contributed by atoms with Gasteiger partial charge in [-0.25, -0.2) is 0 Å². The van der Waals surface area contributed by atoms with Crippen LogP contribution in [-0.2, 0) is 6.42 Å². The Morgan fingerprint density at radius 1 is 1.07 bits per heavy atom. The van der Waals surface area contributed by atoms with Crippen LogP contribution < -0.4 is 5.73 Å². The normalized spacial score (nSPS) is 12.9. The summed E-state index contributed by atoms with van der Waals surface area (Å²) in [6.07, 6.45) is 0.705. The molecule has 0 radical (unpaired) electrons. The van der Waals surface area contributed by atoms with Crippen molar-refractivity contribution in [3.8, 4) is 0 Å². The fourth-order valence-corrected chi connectivity index (χ4v) is 1.81. The first-order chi connectivity index (χ1) is 7.27. The Kier molecular flexibility index (Phi) is 2.99. The quantitative estimate of drug-likeness (QED) is 0.746. The van der Waals surface area contributed by atoms with Crippen molar-refractivity contribution in [1.82, 2.24) is 0 Å². The fourth-order valence-electron chi connectivity index (χ4n) is 1.81. The smallest absolute Gasteiger partial charge is 0.102 e. The number of aliphatic hydroxyl groups is 1. The maximum atomic E-state index is 9.06. The third-order valence-corrected chi connectivity index (χ3v) is 2.59. The van der Waals surface area contributed by atoms with E-state index in [1.54, 1.807) is 0 Å². The van der Waals surface area contributed by atoms with E-state index in [1.807, 2.05) is 18.2 Å². The number of hydrogen-bond acceptors (Lipinski definition) is 2. The van der Waals surface area contributed by atoms with Gasteiger partial charge in [0.05, 0.1) is 0 Å². The van der Waals surface area contributed by atoms with Crippen LogP contribution in [0.5, 0.6) is 0 Å². The second kappa shape index (κ2) is 4.43. The molecule has 3 N–H and O–H groups in total. The molecule has 0 aliphatic heterocycles. The summed E-state index contributed by atoms with van der Waals surface area (Å²) in [5, 5.41) is 11.6. The molecule has 0 amide bonds. The average Bonchev–Trinajstić information content (AvgIpc) is 2.26. The van der Waals surface area contributed by atoms with E-state index < -0.39 is 6.23 Å². The van der Waals surface area contributed by atoms with Gasteiger partial charge in [-0.2, -0.15) is 0 Å². The molecular weight excluding hydrogens is 186 g/mol. The fraction of sp³-hybridized carbons (Fsp3) is 0.231. The average molecular weight is 201 g/mol. The Morgan fingerprint density at radius 2 is 1.80 bits per heavy atom. The molecule has 2 heteroatoms. The summed E-state index contributed by atoms with van der Waals surface area (Å²) < 4.78 is 0. The summed E-state index contributed by atoms with van der Waals surface area (Å²) >= 11 is 0. The molecule has 0 saturated carbocycles.